The van der Waals surface area contributed by atoms with Gasteiger partial charge in [0.2, 0.25) is 0 Å². The van der Waals surface area contributed by atoms with Crippen molar-refractivity contribution in [1.29, 1.82) is 0 Å². The van der Waals surface area contributed by atoms with Crippen molar-refractivity contribution >= 4 is 28.1 Å². The van der Waals surface area contributed by atoms with Crippen LogP contribution in [0.4, 0.5) is 24.5 Å². The summed E-state index contributed by atoms with van der Waals surface area (Å²) in [6, 6.07) is 12.8. The van der Waals surface area contributed by atoms with Crippen molar-refractivity contribution in [2.24, 2.45) is 0 Å². The van der Waals surface area contributed by atoms with Crippen molar-refractivity contribution in [1.82, 2.24) is 14.9 Å². The van der Waals surface area contributed by atoms with Gasteiger partial charge >= 0.3 is 6.18 Å². The molecule has 0 radical (unpaired) electrons. The van der Waals surface area contributed by atoms with Gasteiger partial charge in [0.25, 0.3) is 0 Å². The summed E-state index contributed by atoms with van der Waals surface area (Å²) in [5.74, 6) is 5.92. The van der Waals surface area contributed by atoms with E-state index >= 15 is 0 Å². The Kier molecular flexibility index (Phi) is 8.65. The van der Waals surface area contributed by atoms with E-state index in [0.29, 0.717) is 28.2 Å². The monoisotopic (exact) mass is 525 g/mol. The van der Waals surface area contributed by atoms with Gasteiger partial charge in [0.1, 0.15) is 6.54 Å². The van der Waals surface area contributed by atoms with E-state index in [9.17, 15) is 18.0 Å². The third kappa shape index (κ3) is 6.88. The number of carbonyl (C=O) groups is 1. The molecule has 6 nitrogen and oxygen atoms in total. The first-order valence-corrected chi connectivity index (χ1v) is 12.9. The van der Waals surface area contributed by atoms with E-state index < -0.39 is 12.7 Å². The number of alkyl halides is 3. The zero-order valence-corrected chi connectivity index (χ0v) is 22.0. The Morgan fingerprint density at radius 2 is 1.87 bits per heavy atom. The fraction of sp³-hybridized carbons (Fsp3) is 0.414. The van der Waals surface area contributed by atoms with Crippen LogP contribution in [0.15, 0.2) is 42.5 Å². The molecule has 0 saturated carbocycles. The number of carbonyl (C=O) groups excluding carboxylic acids is 1. The second-order valence-electron chi connectivity index (χ2n) is 9.75. The van der Waals surface area contributed by atoms with Gasteiger partial charge in [0.05, 0.1) is 23.4 Å². The molecule has 1 saturated heterocycles. The standard InChI is InChI=1S/C29H34F3N5O/c1-4-21-17-22(20(2)38)10-11-26(21)33-14-6-7-24-18-25-27(35-34-23-12-15-36(3)16-13-23)8-5-9-28(25)37(24)19-29(30,31)32/h5,8-11,17-18,23,33-35H,4,12-16,19H2,1-3H3. The summed E-state index contributed by atoms with van der Waals surface area (Å²) < 4.78 is 41.7. The zero-order chi connectivity index (χ0) is 27.3. The molecule has 0 aliphatic carbocycles. The molecule has 0 atom stereocenters. The lowest BCUT2D eigenvalue weighted by molar-refractivity contribution is -0.140. The molecule has 3 N–H and O–H groups in total. The zero-order valence-electron chi connectivity index (χ0n) is 22.0. The van der Waals surface area contributed by atoms with E-state index in [1.54, 1.807) is 24.3 Å². The molecule has 1 aliphatic heterocycles. The molecule has 1 aliphatic rings. The molecule has 0 spiro atoms. The molecule has 38 heavy (non-hydrogen) atoms. The quantitative estimate of drug-likeness (QED) is 0.208. The second kappa shape index (κ2) is 11.9. The lowest BCUT2D eigenvalue weighted by atomic mass is 10.0. The molecule has 202 valence electrons. The fourth-order valence-electron chi connectivity index (χ4n) is 4.73. The van der Waals surface area contributed by atoms with Crippen LogP contribution in [-0.2, 0) is 13.0 Å². The molecule has 0 unspecified atom stereocenters. The van der Waals surface area contributed by atoms with Crippen molar-refractivity contribution < 1.29 is 18.0 Å². The van der Waals surface area contributed by atoms with Crippen LogP contribution in [0.25, 0.3) is 10.9 Å². The first-order chi connectivity index (χ1) is 18.1. The van der Waals surface area contributed by atoms with Gasteiger partial charge in [0, 0.05) is 22.7 Å². The van der Waals surface area contributed by atoms with Crippen molar-refractivity contribution in [3.63, 3.8) is 0 Å². The highest BCUT2D eigenvalue weighted by Crippen LogP contribution is 2.30. The van der Waals surface area contributed by atoms with Crippen molar-refractivity contribution in [2.75, 3.05) is 37.4 Å². The Bertz CT molecular complexity index is 1340. The van der Waals surface area contributed by atoms with Crippen molar-refractivity contribution in [2.45, 2.75) is 51.9 Å². The number of hydrogen-bond acceptors (Lipinski definition) is 5. The van der Waals surface area contributed by atoms with E-state index in [0.717, 1.165) is 49.3 Å². The average Bonchev–Trinajstić information content (AvgIpc) is 3.22. The normalized spacial score (nSPS) is 14.8. The van der Waals surface area contributed by atoms with Gasteiger partial charge in [-0.05, 0) is 94.2 Å². The fourth-order valence-corrected chi connectivity index (χ4v) is 4.73. The number of hydrazine groups is 1. The molecule has 9 heteroatoms. The predicted octanol–water partition coefficient (Wildman–Crippen LogP) is 5.44. The maximum Gasteiger partial charge on any atom is 0.406 e. The summed E-state index contributed by atoms with van der Waals surface area (Å²) >= 11 is 0. The first-order valence-electron chi connectivity index (χ1n) is 12.9. The van der Waals surface area contributed by atoms with E-state index in [4.69, 9.17) is 0 Å². The lowest BCUT2D eigenvalue weighted by Crippen LogP contribution is -2.43. The minimum absolute atomic E-state index is 0.000983. The Morgan fingerprint density at radius 1 is 1.11 bits per heavy atom. The Labute approximate surface area is 221 Å². The second-order valence-corrected chi connectivity index (χ2v) is 9.75. The molecule has 1 fully saturated rings. The molecule has 3 aromatic rings. The van der Waals surface area contributed by atoms with Crippen LogP contribution in [0.1, 0.15) is 48.3 Å². The van der Waals surface area contributed by atoms with Crippen molar-refractivity contribution in [3.8, 4) is 11.8 Å². The topological polar surface area (TPSA) is 61.3 Å². The summed E-state index contributed by atoms with van der Waals surface area (Å²) in [7, 11) is 2.10. The number of piperidine rings is 1. The predicted molar refractivity (Wildman–Crippen MR) is 146 cm³/mol. The maximum atomic E-state index is 13.5. The number of Topliss-reactive ketones (excluding diaryl/α,β-unsaturated/α-hetero) is 1. The molecule has 0 amide bonds. The molecule has 4 rings (SSSR count). The summed E-state index contributed by atoms with van der Waals surface area (Å²) in [4.78, 5) is 13.9. The summed E-state index contributed by atoms with van der Waals surface area (Å²) in [6.07, 6.45) is -1.66. The van der Waals surface area contributed by atoms with Crippen molar-refractivity contribution in [3.05, 3.63) is 59.3 Å². The number of likely N-dealkylation sites (tertiary alicyclic amines) is 1. The van der Waals surface area contributed by atoms with E-state index in [-0.39, 0.29) is 12.3 Å². The summed E-state index contributed by atoms with van der Waals surface area (Å²) in [5, 5.41) is 3.91. The van der Waals surface area contributed by atoms with Crippen LogP contribution in [0.2, 0.25) is 0 Å². The van der Waals surface area contributed by atoms with Gasteiger partial charge in [-0.2, -0.15) is 13.2 Å². The number of nitrogens with one attached hydrogen (secondary N) is 3. The number of halogens is 3. The highest BCUT2D eigenvalue weighted by molar-refractivity contribution is 5.95. The number of aromatic nitrogens is 1. The third-order valence-electron chi connectivity index (χ3n) is 6.89. The molecule has 2 heterocycles. The molecule has 2 aromatic carbocycles. The number of ketones is 1. The van der Waals surface area contributed by atoms with E-state index in [1.165, 1.54) is 11.5 Å². The van der Waals surface area contributed by atoms with Crippen LogP contribution >= 0.6 is 0 Å². The number of nitrogens with zero attached hydrogens (tertiary/aromatic N) is 2. The minimum Gasteiger partial charge on any atom is -0.374 e. The summed E-state index contributed by atoms with van der Waals surface area (Å²) in [5.41, 5.74) is 10.6. The number of hydrogen-bond donors (Lipinski definition) is 3. The van der Waals surface area contributed by atoms with Crippen LogP contribution in [0.5, 0.6) is 0 Å². The lowest BCUT2D eigenvalue weighted by Gasteiger charge is -2.30. The maximum absolute atomic E-state index is 13.5. The number of anilines is 2. The van der Waals surface area contributed by atoms with Crippen LogP contribution in [-0.4, -0.2) is 54.2 Å². The number of fused-ring (bicyclic) bond motifs is 1. The Balaban J connectivity index is 1.55. The largest absolute Gasteiger partial charge is 0.406 e. The van der Waals surface area contributed by atoms with E-state index in [2.05, 4.69) is 40.0 Å². The Hall–Kier alpha value is -3.48. The van der Waals surface area contributed by atoms with Gasteiger partial charge in [-0.25, -0.2) is 5.43 Å². The Morgan fingerprint density at radius 3 is 2.55 bits per heavy atom. The number of aryl methyl sites for hydroxylation is 1. The van der Waals surface area contributed by atoms with Gasteiger partial charge in [-0.15, -0.1) is 0 Å². The summed E-state index contributed by atoms with van der Waals surface area (Å²) in [6.45, 7) is 4.66. The SMILES string of the molecule is CCc1cc(C(C)=O)ccc1NCC#Cc1cc2c(NNC3CCN(C)CC3)cccc2n1CC(F)(F)F. The molecule has 1 aromatic heterocycles. The number of benzene rings is 2. The third-order valence-corrected chi connectivity index (χ3v) is 6.89. The van der Waals surface area contributed by atoms with Crippen LogP contribution in [0, 0.1) is 11.8 Å². The van der Waals surface area contributed by atoms with E-state index in [1.807, 2.05) is 25.1 Å². The minimum atomic E-state index is -4.38. The van der Waals surface area contributed by atoms with Gasteiger partial charge in [-0.1, -0.05) is 18.9 Å². The molecular formula is C29H34F3N5O. The average molecular weight is 526 g/mol. The molecular weight excluding hydrogens is 491 g/mol. The van der Waals surface area contributed by atoms with Gasteiger partial charge in [-0.3, -0.25) is 4.79 Å². The van der Waals surface area contributed by atoms with Gasteiger partial charge < -0.3 is 20.2 Å². The van der Waals surface area contributed by atoms with Crippen LogP contribution in [0.3, 0.4) is 0 Å². The number of rotatable bonds is 8. The van der Waals surface area contributed by atoms with Gasteiger partial charge in [0.15, 0.2) is 5.78 Å². The molecule has 0 bridgehead atoms. The highest BCUT2D eigenvalue weighted by Gasteiger charge is 2.30. The highest BCUT2D eigenvalue weighted by atomic mass is 19.4. The smallest absolute Gasteiger partial charge is 0.374 e. The first kappa shape index (κ1) is 27.6. The van der Waals surface area contributed by atoms with Crippen LogP contribution < -0.4 is 16.2 Å².